The van der Waals surface area contributed by atoms with Gasteiger partial charge in [-0.15, -0.1) is 0 Å². The zero-order valence-corrected chi connectivity index (χ0v) is 21.6. The number of anilines is 1. The van der Waals surface area contributed by atoms with Crippen molar-refractivity contribution in [2.75, 3.05) is 38.6 Å². The number of ether oxygens (including phenoxy) is 1. The summed E-state index contributed by atoms with van der Waals surface area (Å²) in [5.41, 5.74) is 5.41. The lowest BCUT2D eigenvalue weighted by Gasteiger charge is -2.38. The van der Waals surface area contributed by atoms with Gasteiger partial charge in [0, 0.05) is 45.5 Å². The third-order valence-corrected chi connectivity index (χ3v) is 6.35. The van der Waals surface area contributed by atoms with Crippen molar-refractivity contribution in [3.8, 4) is 5.75 Å². The fraction of sp³-hybridized carbons (Fsp3) is 0.517. The lowest BCUT2D eigenvalue weighted by Crippen LogP contribution is -2.44. The Morgan fingerprint density at radius 2 is 1.58 bits per heavy atom. The highest BCUT2D eigenvalue weighted by molar-refractivity contribution is 5.46. The quantitative estimate of drug-likeness (QED) is 0.416. The first-order chi connectivity index (χ1) is 15.8. The fourth-order valence-electron chi connectivity index (χ4n) is 4.42. The molecule has 0 radical (unpaired) electrons. The van der Waals surface area contributed by atoms with Crippen LogP contribution in [0.3, 0.4) is 0 Å². The van der Waals surface area contributed by atoms with E-state index in [0.29, 0.717) is 6.04 Å². The highest BCUT2D eigenvalue weighted by Gasteiger charge is 2.24. The molecule has 3 rings (SSSR count). The molecule has 0 amide bonds. The van der Waals surface area contributed by atoms with E-state index in [1.54, 1.807) is 0 Å². The van der Waals surface area contributed by atoms with Gasteiger partial charge in [-0.1, -0.05) is 35.9 Å². The van der Waals surface area contributed by atoms with E-state index in [9.17, 15) is 0 Å². The molecule has 4 heteroatoms. The van der Waals surface area contributed by atoms with Crippen molar-refractivity contribution in [3.05, 3.63) is 71.3 Å². The number of hydrogen-bond donors (Lipinski definition) is 0. The zero-order valence-electron chi connectivity index (χ0n) is 21.6. The van der Waals surface area contributed by atoms with Crippen LogP contribution in [0, 0.1) is 0 Å². The molecule has 0 aromatic heterocycles. The lowest BCUT2D eigenvalue weighted by atomic mass is 10.0. The molecule has 1 aliphatic rings. The average molecular weight is 450 g/mol. The first-order valence-corrected chi connectivity index (χ1v) is 12.4. The maximum atomic E-state index is 5.82. The Morgan fingerprint density at radius 1 is 0.970 bits per heavy atom. The summed E-state index contributed by atoms with van der Waals surface area (Å²) in [7, 11) is 4.18. The van der Waals surface area contributed by atoms with Crippen LogP contribution in [-0.4, -0.2) is 55.7 Å². The number of nitrogens with zero attached hydrogens (tertiary/aromatic N) is 3. The highest BCUT2D eigenvalue weighted by Crippen LogP contribution is 2.23. The summed E-state index contributed by atoms with van der Waals surface area (Å²) in [6.07, 6.45) is 5.03. The van der Waals surface area contributed by atoms with E-state index in [-0.39, 0.29) is 6.10 Å². The van der Waals surface area contributed by atoms with Crippen molar-refractivity contribution in [2.45, 2.75) is 65.8 Å². The molecule has 0 unspecified atom stereocenters. The summed E-state index contributed by atoms with van der Waals surface area (Å²) in [6, 6.07) is 18.3. The molecule has 33 heavy (non-hydrogen) atoms. The zero-order chi connectivity index (χ0) is 23.8. The third kappa shape index (κ3) is 8.21. The maximum Gasteiger partial charge on any atom is 0.119 e. The summed E-state index contributed by atoms with van der Waals surface area (Å²) in [5.74, 6) is 0.955. The number of piperidine rings is 1. The number of likely N-dealkylation sites (tertiary alicyclic amines) is 1. The summed E-state index contributed by atoms with van der Waals surface area (Å²) in [6.45, 7) is 13.9. The standard InChI is InChI=1S/C29H43N3O/c1-23(2)15-20-32(22-26-9-13-29(14-10-26)33-24(3)4)28-16-18-31(19-17-28)21-25-7-11-27(12-8-25)30(5)6/h7-15,24,28H,16-22H2,1-6H3. The van der Waals surface area contributed by atoms with Crippen LogP contribution in [0.4, 0.5) is 5.69 Å². The van der Waals surface area contributed by atoms with E-state index >= 15 is 0 Å². The molecule has 1 heterocycles. The Labute approximate surface area is 201 Å². The number of hydrogen-bond acceptors (Lipinski definition) is 4. The first-order valence-electron chi connectivity index (χ1n) is 12.4. The van der Waals surface area contributed by atoms with E-state index in [4.69, 9.17) is 4.74 Å². The number of benzene rings is 2. The topological polar surface area (TPSA) is 19.0 Å². The van der Waals surface area contributed by atoms with E-state index in [0.717, 1.165) is 38.5 Å². The molecule has 0 atom stereocenters. The molecule has 1 saturated heterocycles. The van der Waals surface area contributed by atoms with E-state index in [2.05, 4.69) is 111 Å². The van der Waals surface area contributed by atoms with Crippen LogP contribution < -0.4 is 9.64 Å². The molecule has 0 aliphatic carbocycles. The maximum absolute atomic E-state index is 5.82. The minimum atomic E-state index is 0.209. The summed E-state index contributed by atoms with van der Waals surface area (Å²) < 4.78 is 5.82. The van der Waals surface area contributed by atoms with Crippen molar-refractivity contribution < 1.29 is 4.74 Å². The van der Waals surface area contributed by atoms with Crippen LogP contribution in [-0.2, 0) is 13.1 Å². The first kappa shape index (κ1) is 25.3. The number of allylic oxidation sites excluding steroid dienone is 1. The third-order valence-electron chi connectivity index (χ3n) is 6.35. The van der Waals surface area contributed by atoms with Gasteiger partial charge >= 0.3 is 0 Å². The molecule has 0 saturated carbocycles. The molecule has 2 aromatic carbocycles. The smallest absolute Gasteiger partial charge is 0.119 e. The van der Waals surface area contributed by atoms with Gasteiger partial charge in [0.25, 0.3) is 0 Å². The summed E-state index contributed by atoms with van der Waals surface area (Å²) >= 11 is 0. The van der Waals surface area contributed by atoms with Crippen LogP contribution >= 0.6 is 0 Å². The molecule has 0 spiro atoms. The summed E-state index contributed by atoms with van der Waals surface area (Å²) in [5, 5.41) is 0. The second-order valence-corrected chi connectivity index (χ2v) is 10.1. The van der Waals surface area contributed by atoms with Crippen LogP contribution in [0.2, 0.25) is 0 Å². The minimum Gasteiger partial charge on any atom is -0.491 e. The van der Waals surface area contributed by atoms with Crippen LogP contribution in [0.5, 0.6) is 5.75 Å². The largest absolute Gasteiger partial charge is 0.491 e. The molecule has 2 aromatic rings. The van der Waals surface area contributed by atoms with Gasteiger partial charge in [-0.25, -0.2) is 0 Å². The monoisotopic (exact) mass is 449 g/mol. The summed E-state index contributed by atoms with van der Waals surface area (Å²) in [4.78, 5) is 7.42. The highest BCUT2D eigenvalue weighted by atomic mass is 16.5. The van der Waals surface area contributed by atoms with Crippen molar-refractivity contribution in [1.29, 1.82) is 0 Å². The molecule has 180 valence electrons. The molecule has 0 bridgehead atoms. The van der Waals surface area contributed by atoms with Gasteiger partial charge in [-0.2, -0.15) is 0 Å². The second kappa shape index (κ2) is 12.2. The molecule has 0 N–H and O–H groups in total. The van der Waals surface area contributed by atoms with Crippen molar-refractivity contribution in [3.63, 3.8) is 0 Å². The SMILES string of the molecule is CC(C)=CCN(Cc1ccc(OC(C)C)cc1)C1CCN(Cc2ccc(N(C)C)cc2)CC1. The Kier molecular flexibility index (Phi) is 9.40. The minimum absolute atomic E-state index is 0.209. The van der Waals surface area contributed by atoms with E-state index in [1.807, 2.05) is 0 Å². The molecule has 4 nitrogen and oxygen atoms in total. The van der Waals surface area contributed by atoms with Gasteiger partial charge in [0.15, 0.2) is 0 Å². The van der Waals surface area contributed by atoms with Gasteiger partial charge in [0.2, 0.25) is 0 Å². The second-order valence-electron chi connectivity index (χ2n) is 10.1. The van der Waals surface area contributed by atoms with Crippen molar-refractivity contribution in [2.24, 2.45) is 0 Å². The Bertz CT molecular complexity index is 859. The van der Waals surface area contributed by atoms with Gasteiger partial charge < -0.3 is 9.64 Å². The predicted octanol–water partition coefficient (Wildman–Crippen LogP) is 5.97. The van der Waals surface area contributed by atoms with Crippen LogP contribution in [0.1, 0.15) is 51.7 Å². The molecular weight excluding hydrogens is 406 g/mol. The Balaban J connectivity index is 1.57. The molecular formula is C29H43N3O. The Hall–Kier alpha value is -2.30. The predicted molar refractivity (Wildman–Crippen MR) is 141 cm³/mol. The van der Waals surface area contributed by atoms with Crippen LogP contribution in [0.15, 0.2) is 60.2 Å². The van der Waals surface area contributed by atoms with Crippen molar-refractivity contribution >= 4 is 5.69 Å². The Morgan fingerprint density at radius 3 is 2.12 bits per heavy atom. The van der Waals surface area contributed by atoms with E-state index in [1.165, 1.54) is 35.2 Å². The average Bonchev–Trinajstić information content (AvgIpc) is 2.78. The number of rotatable bonds is 10. The van der Waals surface area contributed by atoms with Gasteiger partial charge in [-0.05, 0) is 89.0 Å². The normalized spacial score (nSPS) is 15.2. The fourth-order valence-corrected chi connectivity index (χ4v) is 4.42. The molecule has 1 fully saturated rings. The van der Waals surface area contributed by atoms with Gasteiger partial charge in [0.05, 0.1) is 6.10 Å². The van der Waals surface area contributed by atoms with Gasteiger partial charge in [-0.3, -0.25) is 9.80 Å². The van der Waals surface area contributed by atoms with Gasteiger partial charge in [0.1, 0.15) is 5.75 Å². The molecule has 1 aliphatic heterocycles. The van der Waals surface area contributed by atoms with Crippen molar-refractivity contribution in [1.82, 2.24) is 9.80 Å². The lowest BCUT2D eigenvalue weighted by molar-refractivity contribution is 0.108. The van der Waals surface area contributed by atoms with Crippen LogP contribution in [0.25, 0.3) is 0 Å². The van der Waals surface area contributed by atoms with E-state index < -0.39 is 0 Å².